The van der Waals surface area contributed by atoms with E-state index >= 15 is 0 Å². The van der Waals surface area contributed by atoms with Gasteiger partial charge < -0.3 is 4.90 Å². The fourth-order valence-electron chi connectivity index (χ4n) is 3.77. The second-order valence-electron chi connectivity index (χ2n) is 8.26. The van der Waals surface area contributed by atoms with Gasteiger partial charge in [-0.1, -0.05) is 42.0 Å². The van der Waals surface area contributed by atoms with Crippen LogP contribution in [0.15, 0.2) is 71.6 Å². The third-order valence-electron chi connectivity index (χ3n) is 5.67. The molecule has 6 nitrogen and oxygen atoms in total. The van der Waals surface area contributed by atoms with Gasteiger partial charge >= 0.3 is 6.03 Å². The monoisotopic (exact) mass is 467 g/mol. The molecule has 0 aromatic heterocycles. The number of carbonyl (C=O) groups is 1. The van der Waals surface area contributed by atoms with Crippen LogP contribution in [-0.2, 0) is 16.6 Å². The number of sulfonamides is 1. The van der Waals surface area contributed by atoms with Crippen molar-refractivity contribution >= 4 is 27.4 Å². The smallest absolute Gasteiger partial charge is 0.320 e. The van der Waals surface area contributed by atoms with E-state index in [2.05, 4.69) is 4.72 Å². The van der Waals surface area contributed by atoms with E-state index in [-0.39, 0.29) is 10.9 Å². The van der Waals surface area contributed by atoms with E-state index in [0.29, 0.717) is 36.6 Å². The van der Waals surface area contributed by atoms with E-state index in [1.165, 1.54) is 12.1 Å². The third kappa shape index (κ3) is 5.17. The van der Waals surface area contributed by atoms with Gasteiger partial charge in [0.1, 0.15) is 5.82 Å². The fourth-order valence-corrected chi connectivity index (χ4v) is 4.83. The van der Waals surface area contributed by atoms with Crippen molar-refractivity contribution in [3.05, 3.63) is 89.2 Å². The number of halogens is 1. The summed E-state index contributed by atoms with van der Waals surface area (Å²) >= 11 is 0. The Balaban J connectivity index is 1.52. The molecule has 0 radical (unpaired) electrons. The van der Waals surface area contributed by atoms with Crippen LogP contribution in [0.5, 0.6) is 0 Å². The van der Waals surface area contributed by atoms with E-state index in [0.717, 1.165) is 23.6 Å². The number of nitrogens with zero attached hydrogens (tertiary/aromatic N) is 2. The molecule has 1 aliphatic rings. The Bertz CT molecular complexity index is 1280. The zero-order chi connectivity index (χ0) is 23.6. The van der Waals surface area contributed by atoms with Crippen LogP contribution in [-0.4, -0.2) is 32.4 Å². The van der Waals surface area contributed by atoms with Gasteiger partial charge in [0.2, 0.25) is 0 Å². The predicted octanol–water partition coefficient (Wildman–Crippen LogP) is 5.08. The standard InChI is InChI=1S/C25H26FN3O3S/c1-18-7-10-20(11-8-18)17-28-13-4-14-29(25(28)30)22-6-3-5-21(15-22)27-33(31,32)23-12-9-19(2)24(26)16-23/h3,5-12,15-16,27H,4,13-14,17H2,1-2H3. The van der Waals surface area contributed by atoms with Crippen LogP contribution in [0.1, 0.15) is 23.1 Å². The second kappa shape index (κ2) is 9.23. The quantitative estimate of drug-likeness (QED) is 0.550. The highest BCUT2D eigenvalue weighted by Crippen LogP contribution is 2.26. The molecule has 1 fully saturated rings. The van der Waals surface area contributed by atoms with Gasteiger partial charge in [-0.15, -0.1) is 0 Å². The number of carbonyl (C=O) groups excluding carboxylic acids is 1. The van der Waals surface area contributed by atoms with Crippen molar-refractivity contribution in [1.29, 1.82) is 0 Å². The molecule has 4 rings (SSSR count). The average Bonchev–Trinajstić information content (AvgIpc) is 2.78. The van der Waals surface area contributed by atoms with Crippen molar-refractivity contribution in [2.75, 3.05) is 22.7 Å². The SMILES string of the molecule is Cc1ccc(CN2CCCN(c3cccc(NS(=O)(=O)c4ccc(C)c(F)c4)c3)C2=O)cc1. The van der Waals surface area contributed by atoms with Crippen LogP contribution in [0.4, 0.5) is 20.6 Å². The van der Waals surface area contributed by atoms with Crippen LogP contribution in [0, 0.1) is 19.7 Å². The van der Waals surface area contributed by atoms with Gasteiger partial charge in [-0.25, -0.2) is 17.6 Å². The molecule has 3 aromatic carbocycles. The molecule has 8 heteroatoms. The molecule has 0 aliphatic carbocycles. The molecular formula is C25H26FN3O3S. The zero-order valence-corrected chi connectivity index (χ0v) is 19.4. The number of urea groups is 1. The first-order chi connectivity index (χ1) is 15.7. The summed E-state index contributed by atoms with van der Waals surface area (Å²) in [5.41, 5.74) is 3.50. The summed E-state index contributed by atoms with van der Waals surface area (Å²) in [6.45, 7) is 5.31. The first kappa shape index (κ1) is 22.8. The molecule has 33 heavy (non-hydrogen) atoms. The zero-order valence-electron chi connectivity index (χ0n) is 18.6. The lowest BCUT2D eigenvalue weighted by molar-refractivity contribution is 0.192. The van der Waals surface area contributed by atoms with E-state index in [4.69, 9.17) is 0 Å². The fraction of sp³-hybridized carbons (Fsp3) is 0.240. The Hall–Kier alpha value is -3.39. The molecule has 0 unspecified atom stereocenters. The number of benzene rings is 3. The number of anilines is 2. The van der Waals surface area contributed by atoms with Gasteiger partial charge in [0, 0.05) is 25.3 Å². The summed E-state index contributed by atoms with van der Waals surface area (Å²) in [4.78, 5) is 16.4. The molecule has 1 N–H and O–H groups in total. The molecule has 1 heterocycles. The molecule has 1 saturated heterocycles. The molecule has 172 valence electrons. The van der Waals surface area contributed by atoms with Gasteiger partial charge in [0.15, 0.2) is 0 Å². The highest BCUT2D eigenvalue weighted by atomic mass is 32.2. The Morgan fingerprint density at radius 3 is 2.45 bits per heavy atom. The molecule has 0 bridgehead atoms. The van der Waals surface area contributed by atoms with E-state index < -0.39 is 15.8 Å². The highest BCUT2D eigenvalue weighted by Gasteiger charge is 2.27. The van der Waals surface area contributed by atoms with Crippen molar-refractivity contribution in [1.82, 2.24) is 4.90 Å². The summed E-state index contributed by atoms with van der Waals surface area (Å²) < 4.78 is 41.8. The van der Waals surface area contributed by atoms with Crippen molar-refractivity contribution in [3.8, 4) is 0 Å². The molecule has 0 spiro atoms. The number of nitrogens with one attached hydrogen (secondary N) is 1. The summed E-state index contributed by atoms with van der Waals surface area (Å²) in [5, 5.41) is 0. The minimum Gasteiger partial charge on any atom is -0.320 e. The van der Waals surface area contributed by atoms with Crippen LogP contribution in [0.3, 0.4) is 0 Å². The maximum atomic E-state index is 13.9. The second-order valence-corrected chi connectivity index (χ2v) is 9.94. The maximum absolute atomic E-state index is 13.9. The lowest BCUT2D eigenvalue weighted by Crippen LogP contribution is -2.49. The summed E-state index contributed by atoms with van der Waals surface area (Å²) in [7, 11) is -3.97. The number of hydrogen-bond donors (Lipinski definition) is 1. The van der Waals surface area contributed by atoms with Crippen molar-refractivity contribution < 1.29 is 17.6 Å². The van der Waals surface area contributed by atoms with Crippen LogP contribution in [0.25, 0.3) is 0 Å². The molecule has 2 amide bonds. The van der Waals surface area contributed by atoms with Crippen LogP contribution in [0.2, 0.25) is 0 Å². The summed E-state index contributed by atoms with van der Waals surface area (Å²) in [6.07, 6.45) is 0.802. The first-order valence-corrected chi connectivity index (χ1v) is 12.2. The summed E-state index contributed by atoms with van der Waals surface area (Å²) in [6, 6.07) is 18.4. The van der Waals surface area contributed by atoms with Gasteiger partial charge in [-0.3, -0.25) is 9.62 Å². The molecule has 0 saturated carbocycles. The summed E-state index contributed by atoms with van der Waals surface area (Å²) in [5.74, 6) is -0.584. The van der Waals surface area contributed by atoms with Crippen molar-refractivity contribution in [2.24, 2.45) is 0 Å². The Morgan fingerprint density at radius 2 is 1.73 bits per heavy atom. The Kier molecular flexibility index (Phi) is 6.37. The highest BCUT2D eigenvalue weighted by molar-refractivity contribution is 7.92. The van der Waals surface area contributed by atoms with Crippen molar-refractivity contribution in [2.45, 2.75) is 31.7 Å². The number of amides is 2. The van der Waals surface area contributed by atoms with E-state index in [1.54, 1.807) is 41.0 Å². The molecule has 3 aromatic rings. The molecular weight excluding hydrogens is 441 g/mol. The van der Waals surface area contributed by atoms with Crippen molar-refractivity contribution in [3.63, 3.8) is 0 Å². The molecule has 1 aliphatic heterocycles. The predicted molar refractivity (Wildman–Crippen MR) is 127 cm³/mol. The topological polar surface area (TPSA) is 69.7 Å². The maximum Gasteiger partial charge on any atom is 0.324 e. The van der Waals surface area contributed by atoms with Crippen LogP contribution >= 0.6 is 0 Å². The van der Waals surface area contributed by atoms with Gasteiger partial charge in [-0.05, 0) is 61.7 Å². The molecule has 0 atom stereocenters. The number of hydrogen-bond acceptors (Lipinski definition) is 3. The lowest BCUT2D eigenvalue weighted by atomic mass is 10.1. The van der Waals surface area contributed by atoms with E-state index in [9.17, 15) is 17.6 Å². The number of rotatable bonds is 6. The average molecular weight is 468 g/mol. The van der Waals surface area contributed by atoms with Gasteiger partial charge in [-0.2, -0.15) is 0 Å². The van der Waals surface area contributed by atoms with E-state index in [1.807, 2.05) is 31.2 Å². The lowest BCUT2D eigenvalue weighted by Gasteiger charge is -2.36. The first-order valence-electron chi connectivity index (χ1n) is 10.7. The normalized spacial score (nSPS) is 14.5. The Labute approximate surface area is 193 Å². The minimum absolute atomic E-state index is 0.123. The Morgan fingerprint density at radius 1 is 0.970 bits per heavy atom. The largest absolute Gasteiger partial charge is 0.324 e. The van der Waals surface area contributed by atoms with Gasteiger partial charge in [0.25, 0.3) is 10.0 Å². The number of aryl methyl sites for hydroxylation is 2. The van der Waals surface area contributed by atoms with Crippen LogP contribution < -0.4 is 9.62 Å². The van der Waals surface area contributed by atoms with Gasteiger partial charge in [0.05, 0.1) is 10.6 Å². The third-order valence-corrected chi connectivity index (χ3v) is 7.05. The minimum atomic E-state index is -3.97.